The first kappa shape index (κ1) is 33.1. The maximum Gasteiger partial charge on any atom is 0.273 e. The fourth-order valence-electron chi connectivity index (χ4n) is 7.56. The molecule has 0 spiro atoms. The van der Waals surface area contributed by atoms with Gasteiger partial charge in [-0.3, -0.25) is 9.59 Å². The number of sulfonamides is 1. The summed E-state index contributed by atoms with van der Waals surface area (Å²) < 4.78 is 55.1. The average Bonchev–Trinajstić information content (AvgIpc) is 3.84. The van der Waals surface area contributed by atoms with E-state index in [9.17, 15) is 22.4 Å². The van der Waals surface area contributed by atoms with Crippen LogP contribution in [0.3, 0.4) is 0 Å². The predicted octanol–water partition coefficient (Wildman–Crippen LogP) is 6.71. The number of anilines is 1. The van der Waals surface area contributed by atoms with Crippen molar-refractivity contribution in [1.29, 1.82) is 0 Å². The Bertz CT molecular complexity index is 1690. The number of nitrogens with zero attached hydrogens (tertiary/aromatic N) is 2. The highest BCUT2D eigenvalue weighted by Gasteiger charge is 2.52. The normalized spacial score (nSPS) is 22.7. The Morgan fingerprint density at radius 1 is 1.02 bits per heavy atom. The minimum Gasteiger partial charge on any atom is -0.448 e. The van der Waals surface area contributed by atoms with E-state index in [4.69, 9.17) is 9.15 Å². The molecule has 3 heterocycles. The van der Waals surface area contributed by atoms with Crippen LogP contribution in [-0.4, -0.2) is 44.0 Å². The number of fused-ring (bicyclic) bond motifs is 2. The van der Waals surface area contributed by atoms with Gasteiger partial charge < -0.3 is 14.5 Å². The van der Waals surface area contributed by atoms with Crippen molar-refractivity contribution in [3.8, 4) is 0 Å². The summed E-state index contributed by atoms with van der Waals surface area (Å²) in [4.78, 5) is 30.5. The summed E-state index contributed by atoms with van der Waals surface area (Å²) in [5, 5.41) is 2.96. The van der Waals surface area contributed by atoms with Crippen molar-refractivity contribution in [3.05, 3.63) is 90.4 Å². The van der Waals surface area contributed by atoms with Gasteiger partial charge in [0.15, 0.2) is 5.69 Å². The largest absolute Gasteiger partial charge is 0.448 e. The summed E-state index contributed by atoms with van der Waals surface area (Å²) in [7, 11) is -4.35. The lowest BCUT2D eigenvalue weighted by molar-refractivity contribution is -0.113. The molecule has 2 saturated heterocycles. The molecule has 3 unspecified atom stereocenters. The summed E-state index contributed by atoms with van der Waals surface area (Å²) in [6.45, 7) is 4.08. The maximum absolute atomic E-state index is 14.8. The van der Waals surface area contributed by atoms with Gasteiger partial charge in [0, 0.05) is 12.5 Å². The monoisotopic (exact) mass is 663 g/mol. The smallest absolute Gasteiger partial charge is 0.273 e. The van der Waals surface area contributed by atoms with E-state index in [1.165, 1.54) is 69.1 Å². The first-order valence-electron chi connectivity index (χ1n) is 16.7. The van der Waals surface area contributed by atoms with Gasteiger partial charge in [-0.05, 0) is 73.6 Å². The first-order valence-corrected chi connectivity index (χ1v) is 18.1. The zero-order chi connectivity index (χ0) is 33.0. The average molecular weight is 664 g/mol. The number of nitrogens with one attached hydrogen (secondary N) is 1. The van der Waals surface area contributed by atoms with Gasteiger partial charge in [0.25, 0.3) is 21.8 Å². The van der Waals surface area contributed by atoms with E-state index in [1.807, 2.05) is 0 Å². The van der Waals surface area contributed by atoms with Crippen molar-refractivity contribution in [2.75, 3.05) is 10.8 Å². The number of benzene rings is 2. The number of aromatic nitrogens is 1. The van der Waals surface area contributed by atoms with Crippen LogP contribution in [0.1, 0.15) is 92.1 Å². The molecule has 250 valence electrons. The van der Waals surface area contributed by atoms with E-state index in [0.717, 1.165) is 43.7 Å². The second-order valence-electron chi connectivity index (χ2n) is 12.9. The van der Waals surface area contributed by atoms with Gasteiger partial charge in [0.05, 0.1) is 28.7 Å². The number of unbranched alkanes of at least 4 members (excludes halogenated alkanes) is 1. The van der Waals surface area contributed by atoms with E-state index in [2.05, 4.69) is 16.9 Å². The Balaban J connectivity index is 1.19. The highest BCUT2D eigenvalue weighted by atomic mass is 32.2. The standard InChI is InChI=1S/C36H42FN3O6S/c1-2-33(41)40(47(43,44)27-14-7-4-8-15-27)30-17-16-26(37)21-25(30)22-28-31-18-19-32(46-31)34(28)36-39-29(23-45-36)35(42)38-20-10-9-13-24-11-5-3-6-12-24/h2,4,7-8,14-17,21,23-24,28,31-32,34H,1,3,5-6,9-13,18-20,22H2,(H,38,42)/t28-,31?,32?,34?/m0/s1. The second-order valence-corrected chi connectivity index (χ2v) is 14.7. The molecular formula is C36H42FN3O6S. The maximum atomic E-state index is 14.8. The number of hydrogen-bond donors (Lipinski definition) is 1. The summed E-state index contributed by atoms with van der Waals surface area (Å²) in [5.41, 5.74) is 0.554. The number of carbonyl (C=O) groups excluding carboxylic acids is 2. The quantitative estimate of drug-likeness (QED) is 0.160. The van der Waals surface area contributed by atoms with E-state index >= 15 is 0 Å². The molecular weight excluding hydrogens is 621 g/mol. The van der Waals surface area contributed by atoms with Crippen LogP contribution in [0.2, 0.25) is 0 Å². The third-order valence-electron chi connectivity index (χ3n) is 9.89. The highest BCUT2D eigenvalue weighted by Crippen LogP contribution is 2.50. The van der Waals surface area contributed by atoms with Gasteiger partial charge >= 0.3 is 0 Å². The fraction of sp³-hybridized carbons (Fsp3) is 0.472. The Morgan fingerprint density at radius 3 is 2.55 bits per heavy atom. The number of carbonyl (C=O) groups is 2. The minimum absolute atomic E-state index is 0.0395. The molecule has 3 aliphatic rings. The van der Waals surface area contributed by atoms with Crippen LogP contribution in [0.25, 0.3) is 0 Å². The number of ether oxygens (including phenoxy) is 1. The Morgan fingerprint density at radius 2 is 1.79 bits per heavy atom. The highest BCUT2D eigenvalue weighted by molar-refractivity contribution is 7.93. The lowest BCUT2D eigenvalue weighted by atomic mass is 9.76. The molecule has 2 aromatic carbocycles. The SMILES string of the molecule is C=CC(=O)N(c1ccc(F)cc1C[C@H]1C2CCC(O2)C1c1nc(C(=O)NCCCCC2CCCCC2)co1)S(=O)(=O)c1ccccc1. The predicted molar refractivity (Wildman–Crippen MR) is 175 cm³/mol. The topological polar surface area (TPSA) is 119 Å². The Hall–Kier alpha value is -3.83. The molecule has 2 aliphatic heterocycles. The zero-order valence-electron chi connectivity index (χ0n) is 26.5. The van der Waals surface area contributed by atoms with Crippen LogP contribution in [0.4, 0.5) is 10.1 Å². The van der Waals surface area contributed by atoms with Crippen molar-refractivity contribution in [3.63, 3.8) is 0 Å². The summed E-state index contributed by atoms with van der Waals surface area (Å²) >= 11 is 0. The van der Waals surface area contributed by atoms with E-state index < -0.39 is 21.7 Å². The van der Waals surface area contributed by atoms with Gasteiger partial charge in [0.1, 0.15) is 12.1 Å². The molecule has 3 aromatic rings. The van der Waals surface area contributed by atoms with Gasteiger partial charge in [-0.1, -0.05) is 69.7 Å². The van der Waals surface area contributed by atoms with Crippen LogP contribution < -0.4 is 9.62 Å². The molecule has 2 bridgehead atoms. The molecule has 6 rings (SSSR count). The number of rotatable bonds is 13. The number of hydrogen-bond acceptors (Lipinski definition) is 7. The van der Waals surface area contributed by atoms with Gasteiger partial charge in [-0.25, -0.2) is 17.8 Å². The number of amides is 2. The van der Waals surface area contributed by atoms with Crippen LogP contribution in [0.5, 0.6) is 0 Å². The van der Waals surface area contributed by atoms with Crippen molar-refractivity contribution in [2.45, 2.75) is 93.7 Å². The van der Waals surface area contributed by atoms with Crippen LogP contribution in [0.15, 0.2) is 76.8 Å². The van der Waals surface area contributed by atoms with Gasteiger partial charge in [-0.15, -0.1) is 0 Å². The summed E-state index contributed by atoms with van der Waals surface area (Å²) in [6, 6.07) is 11.3. The third-order valence-corrected chi connectivity index (χ3v) is 11.6. The van der Waals surface area contributed by atoms with Crippen molar-refractivity contribution >= 4 is 27.5 Å². The molecule has 3 fully saturated rings. The molecule has 2 amide bonds. The number of oxazole rings is 1. The summed E-state index contributed by atoms with van der Waals surface area (Å²) in [6.07, 6.45) is 13.5. The van der Waals surface area contributed by atoms with Gasteiger partial charge in [0.2, 0.25) is 5.89 Å². The number of halogens is 1. The second kappa shape index (κ2) is 14.5. The van der Waals surface area contributed by atoms with E-state index in [1.54, 1.807) is 18.2 Å². The fourth-order valence-corrected chi connectivity index (χ4v) is 9.02. The van der Waals surface area contributed by atoms with Crippen LogP contribution in [0, 0.1) is 17.7 Å². The zero-order valence-corrected chi connectivity index (χ0v) is 27.3. The summed E-state index contributed by atoms with van der Waals surface area (Å²) in [5.74, 6) is -1.15. The lowest BCUT2D eigenvalue weighted by Crippen LogP contribution is -2.37. The molecule has 1 N–H and O–H groups in total. The minimum atomic E-state index is -4.35. The molecule has 1 aliphatic carbocycles. The van der Waals surface area contributed by atoms with E-state index in [0.29, 0.717) is 22.3 Å². The van der Waals surface area contributed by atoms with Crippen molar-refractivity contribution < 1.29 is 31.6 Å². The molecule has 1 aromatic heterocycles. The Labute approximate surface area is 275 Å². The van der Waals surface area contributed by atoms with Gasteiger partial charge in [-0.2, -0.15) is 4.31 Å². The molecule has 47 heavy (non-hydrogen) atoms. The van der Waals surface area contributed by atoms with E-state index in [-0.39, 0.29) is 52.6 Å². The molecule has 1 saturated carbocycles. The van der Waals surface area contributed by atoms with Crippen molar-refractivity contribution in [2.24, 2.45) is 11.8 Å². The molecule has 9 nitrogen and oxygen atoms in total. The first-order chi connectivity index (χ1) is 22.8. The molecule has 0 radical (unpaired) electrons. The molecule has 11 heteroatoms. The van der Waals surface area contributed by atoms with Crippen LogP contribution >= 0.6 is 0 Å². The lowest BCUT2D eigenvalue weighted by Gasteiger charge is -2.29. The van der Waals surface area contributed by atoms with Crippen LogP contribution in [-0.2, 0) is 26.0 Å². The van der Waals surface area contributed by atoms with Crippen molar-refractivity contribution in [1.82, 2.24) is 10.3 Å². The molecule has 4 atom stereocenters. The third kappa shape index (κ3) is 7.21. The Kier molecular flexibility index (Phi) is 10.2.